The Morgan fingerprint density at radius 2 is 1.46 bits per heavy atom. The maximum atomic E-state index is 12.1. The van der Waals surface area contributed by atoms with Gasteiger partial charge in [-0.3, -0.25) is 25.2 Å². The van der Waals surface area contributed by atoms with E-state index in [4.69, 9.17) is 57.8 Å². The molecular formula is C26H49N9O15. The van der Waals surface area contributed by atoms with E-state index < -0.39 is 128 Å². The molecule has 2 aliphatic heterocycles. The van der Waals surface area contributed by atoms with Gasteiger partial charge in [0.25, 0.3) is 0 Å². The number of carboxylic acids is 1. The van der Waals surface area contributed by atoms with Crippen molar-refractivity contribution in [1.29, 1.82) is 10.8 Å². The SMILES string of the molecule is CN[C@@H]1[C@H](O[C@H]2[C@H](O[C@H]3[C@H](O)[C@@H](O)[C@H](NC(=N)N)[C@@H](O)[C@@H]3NC(=N)N)O[C@@H](C)[C@]2(O)C=O)O[C@@H](CO)[C@H](O)[C@H]1O.NC(=O)CC[C@H](N)C(=O)O. The third-order valence-corrected chi connectivity index (χ3v) is 8.47. The van der Waals surface area contributed by atoms with E-state index in [2.05, 4.69) is 16.0 Å². The number of aldehydes is 1. The number of aliphatic carboxylic acids is 1. The molecule has 0 aromatic rings. The predicted octanol–water partition coefficient (Wildman–Crippen LogP) is -9.08. The summed E-state index contributed by atoms with van der Waals surface area (Å²) in [6.07, 6.45) is -17.2. The topological polar surface area (TPSA) is 438 Å². The Kier molecular flexibility index (Phi) is 15.6. The second-order valence-electron chi connectivity index (χ2n) is 11.9. The number of guanidine groups is 2. The van der Waals surface area contributed by atoms with Crippen LogP contribution in [0.1, 0.15) is 19.8 Å². The van der Waals surface area contributed by atoms with Crippen molar-refractivity contribution in [2.45, 2.75) is 117 Å². The maximum Gasteiger partial charge on any atom is 0.320 e. The number of nitrogens with one attached hydrogen (secondary N) is 5. The van der Waals surface area contributed by atoms with Crippen LogP contribution < -0.4 is 38.9 Å². The average molecular weight is 728 g/mol. The van der Waals surface area contributed by atoms with Crippen molar-refractivity contribution < 1.29 is 74.2 Å². The lowest BCUT2D eigenvalue weighted by molar-refractivity contribution is -0.314. The Balaban J connectivity index is 0.000000752. The van der Waals surface area contributed by atoms with E-state index in [1.165, 1.54) is 14.0 Å². The van der Waals surface area contributed by atoms with Gasteiger partial charge in [-0.1, -0.05) is 0 Å². The highest BCUT2D eigenvalue weighted by molar-refractivity contribution is 5.77. The first-order chi connectivity index (χ1) is 23.2. The van der Waals surface area contributed by atoms with Gasteiger partial charge in [0.05, 0.1) is 36.9 Å². The summed E-state index contributed by atoms with van der Waals surface area (Å²) in [7, 11) is 1.41. The fraction of sp³-hybridized carbons (Fsp3) is 0.808. The van der Waals surface area contributed by atoms with Gasteiger partial charge in [-0.25, -0.2) is 0 Å². The van der Waals surface area contributed by atoms with Gasteiger partial charge >= 0.3 is 5.97 Å². The highest BCUT2D eigenvalue weighted by Crippen LogP contribution is 2.37. The van der Waals surface area contributed by atoms with Gasteiger partial charge in [0, 0.05) is 6.42 Å². The minimum atomic E-state index is -2.39. The number of ether oxygens (including phenoxy) is 4. The average Bonchev–Trinajstić information content (AvgIpc) is 3.28. The van der Waals surface area contributed by atoms with Crippen molar-refractivity contribution in [3.63, 3.8) is 0 Å². The minimum Gasteiger partial charge on any atom is -0.480 e. The zero-order valence-corrected chi connectivity index (χ0v) is 27.1. The third-order valence-electron chi connectivity index (χ3n) is 8.47. The molecule has 3 aliphatic rings. The number of rotatable bonds is 13. The number of nitrogens with two attached hydrogens (primary N) is 4. The van der Waals surface area contributed by atoms with Crippen LogP contribution in [-0.4, -0.2) is 182 Å². The summed E-state index contributed by atoms with van der Waals surface area (Å²) in [6, 6.07) is -4.93. The van der Waals surface area contributed by atoms with E-state index in [9.17, 15) is 50.1 Å². The summed E-state index contributed by atoms with van der Waals surface area (Å²) in [4.78, 5) is 32.2. The Labute approximate surface area is 285 Å². The van der Waals surface area contributed by atoms with Crippen LogP contribution in [0.15, 0.2) is 0 Å². The van der Waals surface area contributed by atoms with Gasteiger partial charge in [0.15, 0.2) is 36.4 Å². The second kappa shape index (κ2) is 18.2. The first kappa shape index (κ1) is 42.8. The van der Waals surface area contributed by atoms with Crippen LogP contribution >= 0.6 is 0 Å². The number of likely N-dealkylation sites (N-methyl/N-ethyl adjacent to an activating group) is 1. The molecule has 21 N–H and O–H groups in total. The summed E-state index contributed by atoms with van der Waals surface area (Å²) in [5.41, 5.74) is 18.2. The number of amides is 1. The lowest BCUT2D eigenvalue weighted by atomic mass is 9.81. The first-order valence-corrected chi connectivity index (χ1v) is 15.2. The molecule has 2 saturated heterocycles. The molecule has 2 heterocycles. The van der Waals surface area contributed by atoms with Crippen LogP contribution in [0.4, 0.5) is 0 Å². The first-order valence-electron chi connectivity index (χ1n) is 15.2. The Morgan fingerprint density at radius 1 is 0.900 bits per heavy atom. The lowest BCUT2D eigenvalue weighted by Crippen LogP contribution is -2.73. The molecule has 1 aliphatic carbocycles. The van der Waals surface area contributed by atoms with E-state index >= 15 is 0 Å². The zero-order chi connectivity index (χ0) is 38.2. The molecule has 3 rings (SSSR count). The van der Waals surface area contributed by atoms with Gasteiger partial charge < -0.3 is 98.7 Å². The molecule has 0 aromatic heterocycles. The Hall–Kier alpha value is -3.37. The lowest BCUT2D eigenvalue weighted by Gasteiger charge is -2.47. The van der Waals surface area contributed by atoms with Crippen LogP contribution in [0.5, 0.6) is 0 Å². The molecule has 1 amide bonds. The van der Waals surface area contributed by atoms with Crippen molar-refractivity contribution in [3.8, 4) is 0 Å². The quantitative estimate of drug-likeness (QED) is 0.0475. The molecule has 0 spiro atoms. The second-order valence-corrected chi connectivity index (χ2v) is 11.9. The molecule has 0 aromatic carbocycles. The highest BCUT2D eigenvalue weighted by Gasteiger charge is 2.60. The number of carbonyl (C=O) groups is 3. The van der Waals surface area contributed by atoms with E-state index in [1.807, 2.05) is 0 Å². The summed E-state index contributed by atoms with van der Waals surface area (Å²) in [6.45, 7) is 0.613. The molecule has 50 heavy (non-hydrogen) atoms. The summed E-state index contributed by atoms with van der Waals surface area (Å²) < 4.78 is 22.9. The fourth-order valence-electron chi connectivity index (χ4n) is 5.60. The largest absolute Gasteiger partial charge is 0.480 e. The number of hydrogen-bond donors (Lipinski definition) is 17. The van der Waals surface area contributed by atoms with E-state index in [-0.39, 0.29) is 19.1 Å². The number of aliphatic hydroxyl groups is 7. The van der Waals surface area contributed by atoms with Crippen LogP contribution in [0.25, 0.3) is 0 Å². The smallest absolute Gasteiger partial charge is 0.320 e. The summed E-state index contributed by atoms with van der Waals surface area (Å²) >= 11 is 0. The predicted molar refractivity (Wildman–Crippen MR) is 165 cm³/mol. The van der Waals surface area contributed by atoms with Gasteiger partial charge in [-0.2, -0.15) is 0 Å². The molecule has 0 radical (unpaired) electrons. The van der Waals surface area contributed by atoms with E-state index in [1.54, 1.807) is 0 Å². The maximum absolute atomic E-state index is 12.1. The van der Waals surface area contributed by atoms with Crippen molar-refractivity contribution >= 4 is 30.1 Å². The standard InChI is InChI=1S/C21H39N7O12.C5H10N2O3/c1-5-21(36,4-30)16(40-17-9(26-2)13(34)10(31)6(3-29)38-17)18(37-5)39-15-8(28-20(24)25)11(32)7(27-19(22)23)12(33)14(15)35;6-3(5(9)10)1-2-4(7)8/h4-18,26,29,31-36H,3H2,1-2H3,(H4,22,23,27)(H4,24,25,28);3H,1-2,6H2,(H2,7,8)(H,9,10)/t5-,6-,7+,8-,9-,10-,11+,12-,13-,14+,15+,16-,17-,18-,21+;3-/m00/s1. The number of hydrogen-bond acceptors (Lipinski definition) is 18. The molecule has 24 nitrogen and oxygen atoms in total. The van der Waals surface area contributed by atoms with E-state index in [0.717, 1.165) is 0 Å². The van der Waals surface area contributed by atoms with E-state index in [0.29, 0.717) is 0 Å². The van der Waals surface area contributed by atoms with Crippen molar-refractivity contribution in [3.05, 3.63) is 0 Å². The molecule has 3 fully saturated rings. The Morgan fingerprint density at radius 3 is 1.94 bits per heavy atom. The van der Waals surface area contributed by atoms with Crippen molar-refractivity contribution in [2.24, 2.45) is 22.9 Å². The van der Waals surface area contributed by atoms with Gasteiger partial charge in [-0.05, 0) is 20.4 Å². The van der Waals surface area contributed by atoms with Gasteiger partial charge in [0.2, 0.25) is 5.91 Å². The normalized spacial score (nSPS) is 40.4. The van der Waals surface area contributed by atoms with Crippen molar-refractivity contribution in [2.75, 3.05) is 13.7 Å². The molecule has 0 unspecified atom stereocenters. The van der Waals surface area contributed by atoms with Crippen LogP contribution in [0, 0.1) is 10.8 Å². The summed E-state index contributed by atoms with van der Waals surface area (Å²) in [5, 5.41) is 105. The zero-order valence-electron chi connectivity index (χ0n) is 27.1. The van der Waals surface area contributed by atoms with Gasteiger partial charge in [0.1, 0.15) is 48.8 Å². The highest BCUT2D eigenvalue weighted by atomic mass is 16.8. The monoisotopic (exact) mass is 727 g/mol. The van der Waals surface area contributed by atoms with Crippen LogP contribution in [0.2, 0.25) is 0 Å². The summed E-state index contributed by atoms with van der Waals surface area (Å²) in [5.74, 6) is -2.93. The van der Waals surface area contributed by atoms with Crippen LogP contribution in [0.3, 0.4) is 0 Å². The molecule has 1 saturated carbocycles. The molecule has 16 atom stereocenters. The fourth-order valence-corrected chi connectivity index (χ4v) is 5.60. The molecular weight excluding hydrogens is 678 g/mol. The third kappa shape index (κ3) is 9.90. The van der Waals surface area contributed by atoms with Crippen molar-refractivity contribution in [1.82, 2.24) is 16.0 Å². The number of aliphatic hydroxyl groups excluding tert-OH is 6. The minimum absolute atomic E-state index is 0.0213. The molecule has 24 heteroatoms. The molecule has 0 bridgehead atoms. The van der Waals surface area contributed by atoms with Crippen LogP contribution in [-0.2, 0) is 33.3 Å². The Bertz CT molecular complexity index is 1190. The number of carboxylic acid groups (broad SMARTS) is 1. The number of carbonyl (C=O) groups excluding carboxylic acids is 2. The number of primary amides is 1. The molecule has 288 valence electrons. The van der Waals surface area contributed by atoms with Gasteiger partial charge in [-0.15, -0.1) is 0 Å².